The number of benzene rings is 1. The van der Waals surface area contributed by atoms with E-state index in [-0.39, 0.29) is 34.6 Å². The number of rotatable bonds is 11. The molecule has 0 unspecified atom stereocenters. The quantitative estimate of drug-likeness (QED) is 0.238. The molecule has 9 nitrogen and oxygen atoms in total. The molecule has 0 N–H and O–H groups in total. The molecule has 0 bridgehead atoms. The van der Waals surface area contributed by atoms with E-state index in [4.69, 9.17) is 9.16 Å². The summed E-state index contributed by atoms with van der Waals surface area (Å²) < 4.78 is 39.6. The Labute approximate surface area is 210 Å². The van der Waals surface area contributed by atoms with Gasteiger partial charge < -0.3 is 9.16 Å². The van der Waals surface area contributed by atoms with Crippen LogP contribution in [0, 0.1) is 5.41 Å². The van der Waals surface area contributed by atoms with Crippen molar-refractivity contribution < 1.29 is 22.4 Å². The van der Waals surface area contributed by atoms with Crippen molar-refractivity contribution >= 4 is 24.1 Å². The van der Waals surface area contributed by atoms with Crippen LogP contribution >= 0.6 is 0 Å². The van der Waals surface area contributed by atoms with Crippen molar-refractivity contribution in [3.05, 3.63) is 30.3 Å². The molecular weight excluding hydrogens is 484 g/mol. The maximum absolute atomic E-state index is 13.2. The lowest BCUT2D eigenvalue weighted by molar-refractivity contribution is -0.153. The SMILES string of the molecule is CC(C)(C)C(=O)OCCC[C@H](CCS(=O)(=O)c1nnnn1-c1ccccc1)O[Si](C)(C)C(C)(C)C. The van der Waals surface area contributed by atoms with Crippen LogP contribution in [0.4, 0.5) is 0 Å². The van der Waals surface area contributed by atoms with Gasteiger partial charge in [-0.25, -0.2) is 8.42 Å². The number of ether oxygens (including phenoxy) is 1. The number of nitrogens with zero attached hydrogens (tertiary/aromatic N) is 4. The minimum absolute atomic E-state index is 0.0275. The van der Waals surface area contributed by atoms with Gasteiger partial charge in [0.1, 0.15) is 0 Å². The Morgan fingerprint density at radius 1 is 1.06 bits per heavy atom. The molecule has 2 aromatic rings. The molecule has 196 valence electrons. The third-order valence-corrected chi connectivity index (χ3v) is 12.3. The van der Waals surface area contributed by atoms with Crippen molar-refractivity contribution in [2.24, 2.45) is 5.41 Å². The molecule has 0 saturated carbocycles. The fourth-order valence-electron chi connectivity index (χ4n) is 3.03. The molecule has 0 amide bonds. The van der Waals surface area contributed by atoms with Gasteiger partial charge in [0.25, 0.3) is 5.16 Å². The predicted octanol–water partition coefficient (Wildman–Crippen LogP) is 4.59. The van der Waals surface area contributed by atoms with Crippen LogP contribution in [0.2, 0.25) is 18.1 Å². The normalized spacial score (nSPS) is 14.1. The Kier molecular flexibility index (Phi) is 9.40. The molecule has 0 aliphatic carbocycles. The van der Waals surface area contributed by atoms with E-state index in [1.54, 1.807) is 24.3 Å². The fourth-order valence-corrected chi connectivity index (χ4v) is 5.77. The second kappa shape index (κ2) is 11.3. The van der Waals surface area contributed by atoms with E-state index in [0.717, 1.165) is 0 Å². The molecule has 0 saturated heterocycles. The third-order valence-electron chi connectivity index (χ3n) is 6.21. The van der Waals surface area contributed by atoms with E-state index >= 15 is 0 Å². The van der Waals surface area contributed by atoms with E-state index in [2.05, 4.69) is 49.4 Å². The molecular formula is C24H40N4O5SSi. The fraction of sp³-hybridized carbons (Fsp3) is 0.667. The van der Waals surface area contributed by atoms with Crippen LogP contribution in [-0.4, -0.2) is 61.4 Å². The summed E-state index contributed by atoms with van der Waals surface area (Å²) in [6, 6.07) is 8.92. The highest BCUT2D eigenvalue weighted by Crippen LogP contribution is 2.38. The summed E-state index contributed by atoms with van der Waals surface area (Å²) in [5, 5.41) is 11.0. The molecule has 0 spiro atoms. The van der Waals surface area contributed by atoms with E-state index in [1.807, 2.05) is 26.8 Å². The number of hydrogen-bond donors (Lipinski definition) is 0. The summed E-state index contributed by atoms with van der Waals surface area (Å²) in [6.07, 6.45) is 1.18. The average molecular weight is 525 g/mol. The van der Waals surface area contributed by atoms with Gasteiger partial charge >= 0.3 is 5.97 Å². The van der Waals surface area contributed by atoms with E-state index in [9.17, 15) is 13.2 Å². The van der Waals surface area contributed by atoms with Gasteiger partial charge in [0, 0.05) is 6.10 Å². The van der Waals surface area contributed by atoms with Crippen LogP contribution in [0.1, 0.15) is 60.8 Å². The van der Waals surface area contributed by atoms with E-state index in [0.29, 0.717) is 24.9 Å². The van der Waals surface area contributed by atoms with Gasteiger partial charge in [0.15, 0.2) is 8.32 Å². The van der Waals surface area contributed by atoms with Crippen LogP contribution in [0.15, 0.2) is 35.5 Å². The van der Waals surface area contributed by atoms with Gasteiger partial charge in [0.2, 0.25) is 9.84 Å². The highest BCUT2D eigenvalue weighted by Gasteiger charge is 2.39. The highest BCUT2D eigenvalue weighted by molar-refractivity contribution is 7.91. The number of carbonyl (C=O) groups is 1. The summed E-state index contributed by atoms with van der Waals surface area (Å²) >= 11 is 0. The molecule has 1 heterocycles. The lowest BCUT2D eigenvalue weighted by Crippen LogP contribution is -2.44. The Balaban J connectivity index is 2.13. The molecule has 0 aliphatic rings. The van der Waals surface area contributed by atoms with Crippen LogP contribution in [0.3, 0.4) is 0 Å². The number of aromatic nitrogens is 4. The predicted molar refractivity (Wildman–Crippen MR) is 138 cm³/mol. The van der Waals surface area contributed by atoms with E-state index in [1.165, 1.54) is 4.68 Å². The highest BCUT2D eigenvalue weighted by atomic mass is 32.2. The molecule has 1 aromatic carbocycles. The summed E-state index contributed by atoms with van der Waals surface area (Å²) in [4.78, 5) is 12.1. The Bertz CT molecular complexity index is 1070. The first kappa shape index (κ1) is 29.1. The van der Waals surface area contributed by atoms with Crippen molar-refractivity contribution in [3.8, 4) is 5.69 Å². The number of hydrogen-bond acceptors (Lipinski definition) is 8. The Morgan fingerprint density at radius 2 is 1.69 bits per heavy atom. The van der Waals surface area contributed by atoms with Crippen molar-refractivity contribution in [3.63, 3.8) is 0 Å². The first-order valence-electron chi connectivity index (χ1n) is 12.0. The third kappa shape index (κ3) is 8.21. The Hall–Kier alpha value is -2.11. The van der Waals surface area contributed by atoms with Crippen molar-refractivity contribution in [1.29, 1.82) is 0 Å². The average Bonchev–Trinajstić information content (AvgIpc) is 3.25. The maximum Gasteiger partial charge on any atom is 0.311 e. The minimum Gasteiger partial charge on any atom is -0.465 e. The Morgan fingerprint density at radius 3 is 2.26 bits per heavy atom. The van der Waals surface area contributed by atoms with Gasteiger partial charge in [-0.3, -0.25) is 4.79 Å². The standard InChI is InChI=1S/C24H40N4O5SSi/c1-23(2,3)21(29)32-17-12-15-20(33-35(7,8)24(4,5)6)16-18-34(30,31)22-25-26-27-28(22)19-13-10-9-11-14-19/h9-11,13-14,20H,12,15-18H2,1-8H3/t20-/m1/s1. The summed E-state index contributed by atoms with van der Waals surface area (Å²) in [7, 11) is -5.92. The molecule has 0 aliphatic heterocycles. The van der Waals surface area contributed by atoms with Crippen LogP contribution in [0.25, 0.3) is 5.69 Å². The lowest BCUT2D eigenvalue weighted by atomic mass is 9.97. The number of carbonyl (C=O) groups excluding carboxylic acids is 1. The largest absolute Gasteiger partial charge is 0.465 e. The molecule has 0 fully saturated rings. The van der Waals surface area contributed by atoms with Crippen LogP contribution in [0.5, 0.6) is 0 Å². The van der Waals surface area contributed by atoms with Crippen molar-refractivity contribution in [1.82, 2.24) is 20.2 Å². The lowest BCUT2D eigenvalue weighted by Gasteiger charge is -2.39. The van der Waals surface area contributed by atoms with Gasteiger partial charge in [-0.05, 0) is 80.7 Å². The molecule has 11 heteroatoms. The zero-order valence-electron chi connectivity index (χ0n) is 22.2. The zero-order chi connectivity index (χ0) is 26.5. The summed E-state index contributed by atoms with van der Waals surface area (Å²) in [6.45, 7) is 16.4. The maximum atomic E-state index is 13.2. The monoisotopic (exact) mass is 524 g/mol. The summed E-state index contributed by atoms with van der Waals surface area (Å²) in [5.74, 6) is -0.406. The van der Waals surface area contributed by atoms with Gasteiger partial charge in [0.05, 0.1) is 23.5 Å². The zero-order valence-corrected chi connectivity index (χ0v) is 24.1. The number of para-hydroxylation sites is 1. The van der Waals surface area contributed by atoms with Crippen molar-refractivity contribution in [2.75, 3.05) is 12.4 Å². The van der Waals surface area contributed by atoms with Gasteiger partial charge in [-0.1, -0.05) is 44.1 Å². The second-order valence-corrected chi connectivity index (χ2v) is 18.1. The van der Waals surface area contributed by atoms with Crippen LogP contribution in [-0.2, 0) is 23.8 Å². The molecule has 1 atom stereocenters. The molecule has 2 rings (SSSR count). The van der Waals surface area contributed by atoms with E-state index < -0.39 is 23.6 Å². The number of tetrazole rings is 1. The minimum atomic E-state index is -3.77. The molecule has 35 heavy (non-hydrogen) atoms. The van der Waals surface area contributed by atoms with Gasteiger partial charge in [-0.15, -0.1) is 0 Å². The first-order chi connectivity index (χ1) is 16.0. The molecule has 1 aromatic heterocycles. The first-order valence-corrected chi connectivity index (χ1v) is 16.5. The summed E-state index contributed by atoms with van der Waals surface area (Å²) in [5.41, 5.74) is 0.0132. The number of sulfone groups is 1. The topological polar surface area (TPSA) is 113 Å². The number of esters is 1. The second-order valence-electron chi connectivity index (χ2n) is 11.3. The van der Waals surface area contributed by atoms with Gasteiger partial charge in [-0.2, -0.15) is 4.68 Å². The van der Waals surface area contributed by atoms with Crippen LogP contribution < -0.4 is 0 Å². The molecule has 0 radical (unpaired) electrons. The smallest absolute Gasteiger partial charge is 0.311 e. The van der Waals surface area contributed by atoms with Crippen molar-refractivity contribution in [2.45, 2.75) is 90.2 Å².